The third-order valence-electron chi connectivity index (χ3n) is 4.47. The van der Waals surface area contributed by atoms with Crippen molar-refractivity contribution in [3.63, 3.8) is 0 Å². The molecule has 0 unspecified atom stereocenters. The Hall–Kier alpha value is -2.89. The van der Waals surface area contributed by atoms with E-state index in [1.165, 1.54) is 5.56 Å². The van der Waals surface area contributed by atoms with Crippen LogP contribution in [0.15, 0.2) is 47.5 Å². The number of hydrogen-bond acceptors (Lipinski definition) is 4. The van der Waals surface area contributed by atoms with Crippen molar-refractivity contribution >= 4 is 5.96 Å². The van der Waals surface area contributed by atoms with Crippen molar-refractivity contribution in [1.29, 1.82) is 0 Å². The molecule has 2 rings (SSSR count). The number of aryl methyl sites for hydroxylation is 1. The predicted molar refractivity (Wildman–Crippen MR) is 114 cm³/mol. The molecule has 0 fully saturated rings. The zero-order valence-electron chi connectivity index (χ0n) is 17.2. The summed E-state index contributed by atoms with van der Waals surface area (Å²) in [5.74, 6) is 2.78. The van der Waals surface area contributed by atoms with E-state index >= 15 is 0 Å². The summed E-state index contributed by atoms with van der Waals surface area (Å²) in [5, 5.41) is 6.70. The van der Waals surface area contributed by atoms with Crippen LogP contribution in [0.25, 0.3) is 0 Å². The van der Waals surface area contributed by atoms with Crippen molar-refractivity contribution in [3.05, 3.63) is 53.6 Å². The van der Waals surface area contributed by atoms with E-state index < -0.39 is 0 Å². The normalized spacial score (nSPS) is 11.1. The van der Waals surface area contributed by atoms with Gasteiger partial charge < -0.3 is 24.8 Å². The Kier molecular flexibility index (Phi) is 8.98. The molecule has 2 aromatic rings. The van der Waals surface area contributed by atoms with Gasteiger partial charge in [0.25, 0.3) is 0 Å². The summed E-state index contributed by atoms with van der Waals surface area (Å²) in [7, 11) is 6.65. The van der Waals surface area contributed by atoms with Gasteiger partial charge in [0.15, 0.2) is 17.5 Å². The number of nitrogens with zero attached hydrogens (tertiary/aromatic N) is 1. The topological polar surface area (TPSA) is 64.1 Å². The van der Waals surface area contributed by atoms with Gasteiger partial charge in [-0.05, 0) is 30.9 Å². The standard InChI is InChI=1S/C22H31N3O3/c1-23-22(24-15-8-11-17-9-6-5-7-10-17)25-16-14-18-12-13-19(26-2)21(28-4)20(18)27-3/h5-7,9-10,12-13H,8,11,14-16H2,1-4H3,(H2,23,24,25). The average Bonchev–Trinajstić information content (AvgIpc) is 2.75. The van der Waals surface area contributed by atoms with E-state index in [1.54, 1.807) is 28.4 Å². The quantitative estimate of drug-likeness (QED) is 0.374. The highest BCUT2D eigenvalue weighted by Gasteiger charge is 2.15. The van der Waals surface area contributed by atoms with Crippen molar-refractivity contribution in [3.8, 4) is 17.2 Å². The molecule has 0 atom stereocenters. The maximum Gasteiger partial charge on any atom is 0.203 e. The van der Waals surface area contributed by atoms with Gasteiger partial charge in [0.05, 0.1) is 21.3 Å². The predicted octanol–water partition coefficient (Wildman–Crippen LogP) is 3.05. The van der Waals surface area contributed by atoms with Crippen LogP contribution in [-0.4, -0.2) is 47.4 Å². The fourth-order valence-corrected chi connectivity index (χ4v) is 3.04. The van der Waals surface area contributed by atoms with Crippen LogP contribution in [0.2, 0.25) is 0 Å². The first-order valence-corrected chi connectivity index (χ1v) is 9.49. The average molecular weight is 386 g/mol. The smallest absolute Gasteiger partial charge is 0.203 e. The van der Waals surface area contributed by atoms with Crippen LogP contribution in [0.5, 0.6) is 17.2 Å². The zero-order valence-corrected chi connectivity index (χ0v) is 17.2. The Morgan fingerprint density at radius 2 is 1.54 bits per heavy atom. The highest BCUT2D eigenvalue weighted by Crippen LogP contribution is 2.39. The maximum absolute atomic E-state index is 5.54. The van der Waals surface area contributed by atoms with Gasteiger partial charge in [-0.1, -0.05) is 36.4 Å². The van der Waals surface area contributed by atoms with Crippen molar-refractivity contribution in [2.24, 2.45) is 4.99 Å². The molecule has 0 saturated carbocycles. The summed E-state index contributed by atoms with van der Waals surface area (Å²) in [6.45, 7) is 1.60. The minimum absolute atomic E-state index is 0.617. The second-order valence-corrected chi connectivity index (χ2v) is 6.26. The molecule has 0 saturated heterocycles. The maximum atomic E-state index is 5.54. The Morgan fingerprint density at radius 1 is 0.821 bits per heavy atom. The lowest BCUT2D eigenvalue weighted by atomic mass is 10.1. The molecular weight excluding hydrogens is 354 g/mol. The molecule has 0 bridgehead atoms. The van der Waals surface area contributed by atoms with Gasteiger partial charge in [-0.2, -0.15) is 0 Å². The molecule has 0 heterocycles. The van der Waals surface area contributed by atoms with Gasteiger partial charge in [-0.15, -0.1) is 0 Å². The summed E-state index contributed by atoms with van der Waals surface area (Å²) in [4.78, 5) is 4.29. The van der Waals surface area contributed by atoms with Gasteiger partial charge in [0.1, 0.15) is 0 Å². The lowest BCUT2D eigenvalue weighted by Crippen LogP contribution is -2.38. The molecule has 0 aliphatic carbocycles. The third kappa shape index (κ3) is 6.08. The minimum Gasteiger partial charge on any atom is -0.493 e. The number of guanidine groups is 1. The molecule has 28 heavy (non-hydrogen) atoms. The fourth-order valence-electron chi connectivity index (χ4n) is 3.04. The summed E-state index contributed by atoms with van der Waals surface area (Å²) in [6.07, 6.45) is 2.87. The van der Waals surface area contributed by atoms with Gasteiger partial charge in [0.2, 0.25) is 5.75 Å². The molecule has 0 aliphatic rings. The molecule has 0 radical (unpaired) electrons. The molecule has 0 aromatic heterocycles. The summed E-state index contributed by atoms with van der Waals surface area (Å²) < 4.78 is 16.3. The first kappa shape index (κ1) is 21.4. The molecule has 2 aromatic carbocycles. The first-order chi connectivity index (χ1) is 13.7. The first-order valence-electron chi connectivity index (χ1n) is 9.49. The van der Waals surface area contributed by atoms with E-state index in [0.717, 1.165) is 43.9 Å². The number of nitrogens with one attached hydrogen (secondary N) is 2. The van der Waals surface area contributed by atoms with Crippen LogP contribution in [0.4, 0.5) is 0 Å². The number of rotatable bonds is 10. The van der Waals surface area contributed by atoms with Crippen LogP contribution >= 0.6 is 0 Å². The zero-order chi connectivity index (χ0) is 20.2. The lowest BCUT2D eigenvalue weighted by molar-refractivity contribution is 0.322. The lowest BCUT2D eigenvalue weighted by Gasteiger charge is -2.16. The van der Waals surface area contributed by atoms with Crippen molar-refractivity contribution in [2.45, 2.75) is 19.3 Å². The monoisotopic (exact) mass is 385 g/mol. The van der Waals surface area contributed by atoms with Crippen molar-refractivity contribution < 1.29 is 14.2 Å². The molecule has 0 aliphatic heterocycles. The van der Waals surface area contributed by atoms with Crippen molar-refractivity contribution in [1.82, 2.24) is 10.6 Å². The second-order valence-electron chi connectivity index (χ2n) is 6.26. The van der Waals surface area contributed by atoms with E-state index in [9.17, 15) is 0 Å². The molecular formula is C22H31N3O3. The Labute approximate surface area is 167 Å². The van der Waals surface area contributed by atoms with E-state index in [2.05, 4.69) is 39.9 Å². The van der Waals surface area contributed by atoms with Crippen LogP contribution < -0.4 is 24.8 Å². The Bertz CT molecular complexity index is 748. The van der Waals surface area contributed by atoms with E-state index in [4.69, 9.17) is 14.2 Å². The van der Waals surface area contributed by atoms with Crippen molar-refractivity contribution in [2.75, 3.05) is 41.5 Å². The number of aliphatic imine (C=N–C) groups is 1. The molecule has 6 heteroatoms. The largest absolute Gasteiger partial charge is 0.493 e. The van der Waals surface area contributed by atoms with E-state index in [1.807, 2.05) is 18.2 Å². The van der Waals surface area contributed by atoms with Crippen LogP contribution in [-0.2, 0) is 12.8 Å². The number of benzene rings is 2. The highest BCUT2D eigenvalue weighted by atomic mass is 16.5. The Balaban J connectivity index is 1.81. The van der Waals surface area contributed by atoms with E-state index in [0.29, 0.717) is 17.2 Å². The van der Waals surface area contributed by atoms with Crippen LogP contribution in [0.3, 0.4) is 0 Å². The van der Waals surface area contributed by atoms with Gasteiger partial charge >= 0.3 is 0 Å². The number of ether oxygens (including phenoxy) is 3. The molecule has 6 nitrogen and oxygen atoms in total. The van der Waals surface area contributed by atoms with Gasteiger partial charge in [-0.25, -0.2) is 0 Å². The highest BCUT2D eigenvalue weighted by molar-refractivity contribution is 5.79. The molecule has 0 spiro atoms. The fraction of sp³-hybridized carbons (Fsp3) is 0.409. The van der Waals surface area contributed by atoms with Gasteiger partial charge in [0, 0.05) is 25.7 Å². The molecule has 0 amide bonds. The number of methoxy groups -OCH3 is 3. The molecule has 2 N–H and O–H groups in total. The summed E-state index contributed by atoms with van der Waals surface area (Å²) >= 11 is 0. The summed E-state index contributed by atoms with van der Waals surface area (Å²) in [5.41, 5.74) is 2.40. The Morgan fingerprint density at radius 3 is 2.18 bits per heavy atom. The summed E-state index contributed by atoms with van der Waals surface area (Å²) in [6, 6.07) is 14.4. The number of hydrogen-bond donors (Lipinski definition) is 2. The van der Waals surface area contributed by atoms with Crippen LogP contribution in [0, 0.1) is 0 Å². The van der Waals surface area contributed by atoms with Gasteiger partial charge in [-0.3, -0.25) is 4.99 Å². The molecule has 152 valence electrons. The third-order valence-corrected chi connectivity index (χ3v) is 4.47. The SMILES string of the molecule is CN=C(NCCCc1ccccc1)NCCc1ccc(OC)c(OC)c1OC. The minimum atomic E-state index is 0.617. The second kappa shape index (κ2) is 11.7. The van der Waals surface area contributed by atoms with E-state index in [-0.39, 0.29) is 0 Å². The van der Waals surface area contributed by atoms with Crippen LogP contribution in [0.1, 0.15) is 17.5 Å².